The summed E-state index contributed by atoms with van der Waals surface area (Å²) in [7, 11) is -3.26. The molecule has 6 heteroatoms. The van der Waals surface area contributed by atoms with Crippen molar-refractivity contribution in [1.82, 2.24) is 14.3 Å². The Balaban J connectivity index is 2.17. The molecule has 1 heterocycles. The fourth-order valence-corrected chi connectivity index (χ4v) is 3.79. The Morgan fingerprint density at radius 1 is 1.29 bits per heavy atom. The van der Waals surface area contributed by atoms with Gasteiger partial charge in [0.15, 0.2) is 0 Å². The van der Waals surface area contributed by atoms with Crippen molar-refractivity contribution < 1.29 is 8.42 Å². The van der Waals surface area contributed by atoms with Gasteiger partial charge in [0.05, 0.1) is 23.3 Å². The molecule has 21 heavy (non-hydrogen) atoms. The molecule has 0 unspecified atom stereocenters. The highest BCUT2D eigenvalue weighted by Gasteiger charge is 2.16. The SMILES string of the molecule is CC[C@H](C)CS(=O)(=O)NCc1nc2ccccc2n1CC. The molecule has 2 rings (SSSR count). The number of fused-ring (bicyclic) bond motifs is 1. The Bertz CT molecular complexity index is 707. The topological polar surface area (TPSA) is 64.0 Å². The van der Waals surface area contributed by atoms with Gasteiger partial charge in [-0.25, -0.2) is 18.1 Å². The smallest absolute Gasteiger partial charge is 0.212 e. The molecule has 0 amide bonds. The number of sulfonamides is 1. The third-order valence-corrected chi connectivity index (χ3v) is 5.29. The average Bonchev–Trinajstić information content (AvgIpc) is 2.82. The third-order valence-electron chi connectivity index (χ3n) is 3.70. The zero-order chi connectivity index (χ0) is 15.5. The van der Waals surface area contributed by atoms with Crippen LogP contribution in [-0.2, 0) is 23.1 Å². The monoisotopic (exact) mass is 309 g/mol. The van der Waals surface area contributed by atoms with Crippen molar-refractivity contribution in [1.29, 1.82) is 0 Å². The summed E-state index contributed by atoms with van der Waals surface area (Å²) in [5.41, 5.74) is 1.94. The van der Waals surface area contributed by atoms with Crippen LogP contribution in [0.3, 0.4) is 0 Å². The minimum Gasteiger partial charge on any atom is -0.327 e. The van der Waals surface area contributed by atoms with E-state index in [2.05, 4.69) is 9.71 Å². The average molecular weight is 309 g/mol. The van der Waals surface area contributed by atoms with Gasteiger partial charge in [0.2, 0.25) is 10.0 Å². The zero-order valence-electron chi connectivity index (χ0n) is 12.8. The Hall–Kier alpha value is -1.40. The summed E-state index contributed by atoms with van der Waals surface area (Å²) < 4.78 is 28.8. The van der Waals surface area contributed by atoms with Crippen LogP contribution in [0.4, 0.5) is 0 Å². The molecule has 5 nitrogen and oxygen atoms in total. The molecule has 1 aromatic carbocycles. The van der Waals surface area contributed by atoms with E-state index < -0.39 is 10.0 Å². The highest BCUT2D eigenvalue weighted by molar-refractivity contribution is 7.89. The van der Waals surface area contributed by atoms with Gasteiger partial charge >= 0.3 is 0 Å². The Morgan fingerprint density at radius 3 is 2.67 bits per heavy atom. The summed E-state index contributed by atoms with van der Waals surface area (Å²) in [5, 5.41) is 0. The van der Waals surface area contributed by atoms with E-state index in [0.717, 1.165) is 29.8 Å². The number of aromatic nitrogens is 2. The molecule has 0 spiro atoms. The van der Waals surface area contributed by atoms with Crippen molar-refractivity contribution >= 4 is 21.1 Å². The number of nitrogens with one attached hydrogen (secondary N) is 1. The highest BCUT2D eigenvalue weighted by atomic mass is 32.2. The van der Waals surface area contributed by atoms with Crippen LogP contribution in [0.15, 0.2) is 24.3 Å². The number of hydrogen-bond donors (Lipinski definition) is 1. The number of para-hydroxylation sites is 2. The lowest BCUT2D eigenvalue weighted by molar-refractivity contribution is 0.548. The van der Waals surface area contributed by atoms with Gasteiger partial charge in [-0.15, -0.1) is 0 Å². The summed E-state index contributed by atoms with van der Waals surface area (Å²) in [6.45, 7) is 6.98. The minimum atomic E-state index is -3.26. The van der Waals surface area contributed by atoms with E-state index in [9.17, 15) is 8.42 Å². The minimum absolute atomic E-state index is 0.160. The molecule has 0 aliphatic heterocycles. The van der Waals surface area contributed by atoms with E-state index in [0.29, 0.717) is 0 Å². The molecule has 0 bridgehead atoms. The number of hydrogen-bond acceptors (Lipinski definition) is 3. The normalized spacial score (nSPS) is 13.7. The van der Waals surface area contributed by atoms with Crippen LogP contribution in [-0.4, -0.2) is 23.7 Å². The van der Waals surface area contributed by atoms with Crippen LogP contribution in [0.1, 0.15) is 33.0 Å². The lowest BCUT2D eigenvalue weighted by atomic mass is 10.2. The van der Waals surface area contributed by atoms with Gasteiger partial charge in [0.25, 0.3) is 0 Å². The first-order valence-corrected chi connectivity index (χ1v) is 9.03. The Kier molecular flexibility index (Phi) is 5.00. The summed E-state index contributed by atoms with van der Waals surface area (Å²) in [5.74, 6) is 1.08. The van der Waals surface area contributed by atoms with E-state index in [1.165, 1.54) is 0 Å². The highest BCUT2D eigenvalue weighted by Crippen LogP contribution is 2.16. The molecule has 0 aliphatic rings. The molecule has 0 fully saturated rings. The molecule has 1 N–H and O–H groups in total. The predicted molar refractivity (Wildman–Crippen MR) is 85.5 cm³/mol. The molecule has 0 saturated heterocycles. The fraction of sp³-hybridized carbons (Fsp3) is 0.533. The van der Waals surface area contributed by atoms with Crippen molar-refractivity contribution in [2.24, 2.45) is 5.92 Å². The third kappa shape index (κ3) is 3.83. The standard InChI is InChI=1S/C15H23N3O2S/c1-4-12(3)11-21(19,20)16-10-15-17-13-8-6-7-9-14(13)18(15)5-2/h6-9,12,16H,4-5,10-11H2,1-3H3/t12-/m0/s1. The van der Waals surface area contributed by atoms with Crippen LogP contribution >= 0.6 is 0 Å². The zero-order valence-corrected chi connectivity index (χ0v) is 13.7. The summed E-state index contributed by atoms with van der Waals surface area (Å²) in [6.07, 6.45) is 0.856. The van der Waals surface area contributed by atoms with Crippen molar-refractivity contribution in [3.63, 3.8) is 0 Å². The van der Waals surface area contributed by atoms with Crippen molar-refractivity contribution in [2.75, 3.05) is 5.75 Å². The quantitative estimate of drug-likeness (QED) is 0.855. The van der Waals surface area contributed by atoms with Gasteiger partial charge in [-0.2, -0.15) is 0 Å². The van der Waals surface area contributed by atoms with Crippen LogP contribution in [0, 0.1) is 5.92 Å². The first-order valence-electron chi connectivity index (χ1n) is 7.38. The van der Waals surface area contributed by atoms with E-state index in [1.54, 1.807) is 0 Å². The van der Waals surface area contributed by atoms with Crippen LogP contribution in [0.25, 0.3) is 11.0 Å². The Labute approximate surface area is 126 Å². The second kappa shape index (κ2) is 6.58. The number of imidazole rings is 1. The van der Waals surface area contributed by atoms with Gasteiger partial charge in [0, 0.05) is 6.54 Å². The number of aryl methyl sites for hydroxylation is 1. The summed E-state index contributed by atoms with van der Waals surface area (Å²) >= 11 is 0. The molecular formula is C15H23N3O2S. The predicted octanol–water partition coefficient (Wildman–Crippen LogP) is 2.52. The lowest BCUT2D eigenvalue weighted by Crippen LogP contribution is -2.29. The molecule has 0 saturated carbocycles. The van der Waals surface area contributed by atoms with Crippen LogP contribution < -0.4 is 4.72 Å². The maximum absolute atomic E-state index is 12.0. The lowest BCUT2D eigenvalue weighted by Gasteiger charge is -2.11. The molecule has 0 radical (unpaired) electrons. The van der Waals surface area contributed by atoms with Crippen LogP contribution in [0.5, 0.6) is 0 Å². The van der Waals surface area contributed by atoms with E-state index in [-0.39, 0.29) is 18.2 Å². The van der Waals surface area contributed by atoms with Crippen molar-refractivity contribution in [2.45, 2.75) is 40.3 Å². The number of rotatable bonds is 7. The number of benzene rings is 1. The van der Waals surface area contributed by atoms with Gasteiger partial charge in [0.1, 0.15) is 5.82 Å². The first-order chi connectivity index (χ1) is 9.96. The Morgan fingerprint density at radius 2 is 2.00 bits per heavy atom. The summed E-state index contributed by atoms with van der Waals surface area (Å²) in [6, 6.07) is 7.85. The maximum Gasteiger partial charge on any atom is 0.212 e. The molecule has 1 atom stereocenters. The largest absolute Gasteiger partial charge is 0.327 e. The number of nitrogens with zero attached hydrogens (tertiary/aromatic N) is 2. The van der Waals surface area contributed by atoms with E-state index >= 15 is 0 Å². The molecule has 0 aliphatic carbocycles. The van der Waals surface area contributed by atoms with E-state index in [1.807, 2.05) is 49.6 Å². The molecular weight excluding hydrogens is 286 g/mol. The molecule has 116 valence electrons. The fourth-order valence-electron chi connectivity index (χ4n) is 2.34. The van der Waals surface area contributed by atoms with Gasteiger partial charge in [-0.1, -0.05) is 32.4 Å². The molecule has 1 aromatic heterocycles. The van der Waals surface area contributed by atoms with Crippen LogP contribution in [0.2, 0.25) is 0 Å². The van der Waals surface area contributed by atoms with Gasteiger partial charge in [-0.3, -0.25) is 0 Å². The second-order valence-corrected chi connectivity index (χ2v) is 7.23. The first kappa shape index (κ1) is 16.0. The van der Waals surface area contributed by atoms with Crippen molar-refractivity contribution in [3.05, 3.63) is 30.1 Å². The maximum atomic E-state index is 12.0. The van der Waals surface area contributed by atoms with Gasteiger partial charge < -0.3 is 4.57 Å². The van der Waals surface area contributed by atoms with E-state index in [4.69, 9.17) is 0 Å². The molecule has 2 aromatic rings. The second-order valence-electron chi connectivity index (χ2n) is 5.38. The van der Waals surface area contributed by atoms with Crippen molar-refractivity contribution in [3.8, 4) is 0 Å². The summed E-state index contributed by atoms with van der Waals surface area (Å²) in [4.78, 5) is 4.52. The van der Waals surface area contributed by atoms with Gasteiger partial charge in [-0.05, 0) is 25.0 Å².